The fraction of sp³-hybridized carbons (Fsp3) is 1.00. The maximum absolute atomic E-state index is 13.5. The Kier molecular flexibility index (Phi) is 4.96. The summed E-state index contributed by atoms with van der Waals surface area (Å²) in [4.78, 5) is -1.05. The topological polar surface area (TPSA) is 21.7 Å². The molecule has 2 unspecified atom stereocenters. The van der Waals surface area contributed by atoms with Gasteiger partial charge in [0, 0.05) is 13.7 Å². The van der Waals surface area contributed by atoms with Crippen LogP contribution < -0.4 is 0 Å². The highest BCUT2D eigenvalue weighted by Gasteiger charge is 2.75. The van der Waals surface area contributed by atoms with E-state index in [1.54, 1.807) is 0 Å². The first-order valence-corrected chi connectivity index (χ1v) is 5.46. The Morgan fingerprint density at radius 2 is 1.45 bits per heavy atom. The largest absolute Gasteiger partial charge is 0.427 e. The lowest BCUT2D eigenvalue weighted by molar-refractivity contribution is -0.427. The highest BCUT2D eigenvalue weighted by molar-refractivity contribution is 4.94. The fourth-order valence-corrected chi connectivity index (χ4v) is 1.62. The van der Waals surface area contributed by atoms with Gasteiger partial charge in [-0.25, -0.2) is 9.29 Å². The zero-order chi connectivity index (χ0) is 17.6. The van der Waals surface area contributed by atoms with Crippen LogP contribution in [0.2, 0.25) is 0 Å². The van der Waals surface area contributed by atoms with Crippen LogP contribution in [0.4, 0.5) is 43.9 Å². The molecule has 2 atom stereocenters. The van der Waals surface area contributed by atoms with Gasteiger partial charge in [-0.2, -0.15) is 39.5 Å². The second kappa shape index (κ2) is 5.67. The lowest BCUT2D eigenvalue weighted by Crippen LogP contribution is -2.67. The monoisotopic (exact) mass is 353 g/mol. The van der Waals surface area contributed by atoms with Crippen LogP contribution in [0, 0.1) is 0 Å². The molecule has 1 aliphatic heterocycles. The predicted molar refractivity (Wildman–Crippen MR) is 49.2 cm³/mol. The number of rotatable bonds is 4. The first kappa shape index (κ1) is 19.2. The van der Waals surface area contributed by atoms with Crippen molar-refractivity contribution < 1.29 is 53.4 Å². The second-order valence-electron chi connectivity index (χ2n) is 4.32. The third kappa shape index (κ3) is 3.25. The molecule has 0 aromatic heterocycles. The summed E-state index contributed by atoms with van der Waals surface area (Å²) in [5, 5.41) is 0. The summed E-state index contributed by atoms with van der Waals surface area (Å²) in [6.45, 7) is -3.71. The van der Waals surface area contributed by atoms with Crippen molar-refractivity contribution in [3.8, 4) is 0 Å². The number of morpholine rings is 1. The van der Waals surface area contributed by atoms with Crippen molar-refractivity contribution in [1.82, 2.24) is 4.90 Å². The third-order valence-electron chi connectivity index (χ3n) is 2.82. The molecular formula is C9H9F10NO2. The Morgan fingerprint density at radius 3 is 1.86 bits per heavy atom. The molecule has 0 aliphatic carbocycles. The molecular weight excluding hydrogens is 344 g/mol. The molecule has 132 valence electrons. The summed E-state index contributed by atoms with van der Waals surface area (Å²) in [6, 6.07) is -5.82. The molecule has 0 radical (unpaired) electrons. The Balaban J connectivity index is 3.10. The van der Waals surface area contributed by atoms with E-state index in [-0.39, 0.29) is 7.11 Å². The molecule has 22 heavy (non-hydrogen) atoms. The summed E-state index contributed by atoms with van der Waals surface area (Å²) in [5.41, 5.74) is 0. The summed E-state index contributed by atoms with van der Waals surface area (Å²) in [6.07, 6.45) is -17.2. The van der Waals surface area contributed by atoms with Gasteiger partial charge in [0.1, 0.15) is 0 Å². The van der Waals surface area contributed by atoms with E-state index in [0.29, 0.717) is 0 Å². The van der Waals surface area contributed by atoms with Gasteiger partial charge < -0.3 is 9.47 Å². The van der Waals surface area contributed by atoms with E-state index in [1.165, 1.54) is 0 Å². The average Bonchev–Trinajstić information content (AvgIpc) is 2.36. The zero-order valence-electron chi connectivity index (χ0n) is 10.6. The van der Waals surface area contributed by atoms with Crippen molar-refractivity contribution in [3.05, 3.63) is 0 Å². The highest BCUT2D eigenvalue weighted by atomic mass is 19.4. The number of alkyl halides is 10. The van der Waals surface area contributed by atoms with E-state index in [2.05, 4.69) is 9.47 Å². The molecule has 0 aromatic rings. The molecule has 1 saturated heterocycles. The quantitative estimate of drug-likeness (QED) is 0.573. The van der Waals surface area contributed by atoms with E-state index >= 15 is 0 Å². The molecule has 0 aromatic carbocycles. The van der Waals surface area contributed by atoms with Crippen molar-refractivity contribution in [2.24, 2.45) is 0 Å². The van der Waals surface area contributed by atoms with Crippen molar-refractivity contribution in [2.45, 2.75) is 36.7 Å². The minimum Gasteiger partial charge on any atom is -0.333 e. The number of hydrogen-bond acceptors (Lipinski definition) is 3. The first-order valence-electron chi connectivity index (χ1n) is 5.46. The van der Waals surface area contributed by atoms with E-state index in [9.17, 15) is 43.9 Å². The first-order chi connectivity index (χ1) is 9.66. The van der Waals surface area contributed by atoms with E-state index in [1.807, 2.05) is 0 Å². The van der Waals surface area contributed by atoms with Crippen LogP contribution in [-0.2, 0) is 9.47 Å². The van der Waals surface area contributed by atoms with Crippen LogP contribution in [-0.4, -0.2) is 61.8 Å². The number of methoxy groups -OCH3 is 1. The summed E-state index contributed by atoms with van der Waals surface area (Å²) in [7, 11) is -0.000217. The molecule has 1 rings (SSSR count). The Hall–Kier alpha value is -0.820. The Bertz CT molecular complexity index is 398. The average molecular weight is 353 g/mol. The fourth-order valence-electron chi connectivity index (χ4n) is 1.62. The lowest BCUT2D eigenvalue weighted by Gasteiger charge is -2.42. The number of halogens is 10. The molecule has 0 bridgehead atoms. The predicted octanol–water partition coefficient (Wildman–Crippen LogP) is 3.01. The smallest absolute Gasteiger partial charge is 0.333 e. The van der Waals surface area contributed by atoms with Gasteiger partial charge in [-0.15, -0.1) is 0 Å². The van der Waals surface area contributed by atoms with Gasteiger partial charge in [-0.05, 0) is 0 Å². The normalized spacial score (nSPS) is 26.3. The molecule has 0 amide bonds. The van der Waals surface area contributed by atoms with Crippen molar-refractivity contribution in [3.63, 3.8) is 0 Å². The molecule has 1 fully saturated rings. The SMILES string of the molecule is COC(F)(F)C(F)(F)C(F)(F)N1CC(F)OC(C(F)(F)F)C1. The van der Waals surface area contributed by atoms with Gasteiger partial charge in [0.15, 0.2) is 6.10 Å². The van der Waals surface area contributed by atoms with Crippen LogP contribution in [0.3, 0.4) is 0 Å². The van der Waals surface area contributed by atoms with Crippen molar-refractivity contribution in [1.29, 1.82) is 0 Å². The van der Waals surface area contributed by atoms with Gasteiger partial charge in [0.25, 0.3) is 0 Å². The van der Waals surface area contributed by atoms with Crippen LogP contribution in [0.25, 0.3) is 0 Å². The van der Waals surface area contributed by atoms with Gasteiger partial charge in [-0.3, -0.25) is 0 Å². The molecule has 1 aliphatic rings. The standard InChI is InChI=1S/C9H9F10NO2/c1-21-9(18,19)7(14,15)8(16,17)20-2-4(6(11,12)13)22-5(10)3-20/h4-5H,2-3H2,1H3. The van der Waals surface area contributed by atoms with E-state index in [4.69, 9.17) is 0 Å². The minimum absolute atomic E-state index is 0.000217. The van der Waals surface area contributed by atoms with Crippen molar-refractivity contribution in [2.75, 3.05) is 20.2 Å². The van der Waals surface area contributed by atoms with Crippen LogP contribution in [0.15, 0.2) is 0 Å². The summed E-state index contributed by atoms with van der Waals surface area (Å²) < 4.78 is 136. The lowest BCUT2D eigenvalue weighted by atomic mass is 10.1. The molecule has 0 saturated carbocycles. The highest BCUT2D eigenvalue weighted by Crippen LogP contribution is 2.48. The van der Waals surface area contributed by atoms with Gasteiger partial charge in [0.2, 0.25) is 6.36 Å². The van der Waals surface area contributed by atoms with Crippen LogP contribution in [0.5, 0.6) is 0 Å². The summed E-state index contributed by atoms with van der Waals surface area (Å²) in [5.74, 6) is -6.21. The van der Waals surface area contributed by atoms with Gasteiger partial charge in [0.05, 0.1) is 6.54 Å². The minimum atomic E-state index is -6.21. The van der Waals surface area contributed by atoms with Crippen LogP contribution in [0.1, 0.15) is 0 Å². The number of nitrogens with zero attached hydrogens (tertiary/aromatic N) is 1. The molecule has 0 spiro atoms. The third-order valence-corrected chi connectivity index (χ3v) is 2.82. The van der Waals surface area contributed by atoms with Crippen LogP contribution >= 0.6 is 0 Å². The molecule has 13 heteroatoms. The second-order valence-corrected chi connectivity index (χ2v) is 4.32. The van der Waals surface area contributed by atoms with Gasteiger partial charge in [-0.1, -0.05) is 0 Å². The number of ether oxygens (including phenoxy) is 2. The van der Waals surface area contributed by atoms with E-state index in [0.717, 1.165) is 0 Å². The van der Waals surface area contributed by atoms with E-state index < -0.39 is 54.7 Å². The van der Waals surface area contributed by atoms with Gasteiger partial charge >= 0.3 is 24.3 Å². The molecule has 3 nitrogen and oxygen atoms in total. The van der Waals surface area contributed by atoms with Crippen molar-refractivity contribution >= 4 is 0 Å². The summed E-state index contributed by atoms with van der Waals surface area (Å²) >= 11 is 0. The number of hydrogen-bond donors (Lipinski definition) is 0. The maximum atomic E-state index is 13.5. The Labute approximate surface area is 116 Å². The molecule has 0 N–H and O–H groups in total. The Morgan fingerprint density at radius 1 is 0.955 bits per heavy atom. The molecule has 1 heterocycles. The maximum Gasteiger partial charge on any atom is 0.427 e. The zero-order valence-corrected chi connectivity index (χ0v) is 10.6.